The molecule has 0 bridgehead atoms. The van der Waals surface area contributed by atoms with Gasteiger partial charge >= 0.3 is 5.91 Å². The Labute approximate surface area is 108 Å². The molecule has 3 heteroatoms. The number of aromatic hydroxyl groups is 1. The van der Waals surface area contributed by atoms with Crippen molar-refractivity contribution in [2.75, 3.05) is 13.1 Å². The van der Waals surface area contributed by atoms with Crippen LogP contribution in [0.15, 0.2) is 49.6 Å². The molecule has 96 valence electrons. The van der Waals surface area contributed by atoms with Crippen molar-refractivity contribution < 1.29 is 9.90 Å². The Morgan fingerprint density at radius 1 is 1.28 bits per heavy atom. The first-order chi connectivity index (χ1) is 8.62. The van der Waals surface area contributed by atoms with E-state index in [0.717, 1.165) is 0 Å². The van der Waals surface area contributed by atoms with Gasteiger partial charge in [-0.1, -0.05) is 32.2 Å². The molecule has 1 amide bonds. The third-order valence-corrected chi connectivity index (χ3v) is 3.00. The van der Waals surface area contributed by atoms with E-state index in [2.05, 4.69) is 13.2 Å². The summed E-state index contributed by atoms with van der Waals surface area (Å²) in [6, 6.07) is 6.93. The zero-order chi connectivity index (χ0) is 13.6. The smallest absolute Gasteiger partial charge is 0.319 e. The number of hydrogen-bond donors (Lipinski definition) is 1. The van der Waals surface area contributed by atoms with Gasteiger partial charge < -0.3 is 5.11 Å². The quantitative estimate of drug-likeness (QED) is 0.619. The monoisotopic (exact) mass is 246 g/mol. The van der Waals surface area contributed by atoms with Crippen LogP contribution < -0.4 is 4.48 Å². The van der Waals surface area contributed by atoms with Gasteiger partial charge in [0.25, 0.3) is 0 Å². The maximum Gasteiger partial charge on any atom is 0.319 e. The molecule has 1 rings (SSSR count). The molecule has 0 saturated heterocycles. The van der Waals surface area contributed by atoms with Crippen molar-refractivity contribution >= 4 is 11.6 Å². The first kappa shape index (κ1) is 14.2. The van der Waals surface area contributed by atoms with Crippen molar-refractivity contribution in [3.63, 3.8) is 0 Å². The fraction of sp³-hybridized carbons (Fsp3) is 0.267. The van der Waals surface area contributed by atoms with E-state index in [9.17, 15) is 9.90 Å². The third-order valence-electron chi connectivity index (χ3n) is 3.00. The van der Waals surface area contributed by atoms with E-state index < -0.39 is 0 Å². The maximum atomic E-state index is 12.3. The van der Waals surface area contributed by atoms with Gasteiger partial charge in [0.05, 0.1) is 6.42 Å². The number of carbonyl (C=O) groups excluding carboxylic acids is 1. The van der Waals surface area contributed by atoms with Crippen LogP contribution in [0, 0.1) is 0 Å². The Balaban J connectivity index is 3.42. The molecule has 0 aromatic heterocycles. The van der Waals surface area contributed by atoms with Crippen molar-refractivity contribution in [1.29, 1.82) is 0 Å². The molecule has 3 nitrogen and oxygen atoms in total. The van der Waals surface area contributed by atoms with E-state index in [1.807, 2.05) is 13.0 Å². The molecule has 0 atom stereocenters. The van der Waals surface area contributed by atoms with Gasteiger partial charge in [-0.15, -0.1) is 0 Å². The second-order valence-corrected chi connectivity index (χ2v) is 4.15. The average molecular weight is 246 g/mol. The van der Waals surface area contributed by atoms with E-state index >= 15 is 0 Å². The zero-order valence-corrected chi connectivity index (χ0v) is 10.8. The first-order valence-corrected chi connectivity index (χ1v) is 6.03. The normalized spacial score (nSPS) is 10.9. The summed E-state index contributed by atoms with van der Waals surface area (Å²) in [5, 5.41) is 10.0. The second-order valence-electron chi connectivity index (χ2n) is 4.15. The van der Waals surface area contributed by atoms with Crippen LogP contribution in [-0.2, 0) is 4.79 Å². The lowest BCUT2D eigenvalue weighted by atomic mass is 10.1. The maximum absolute atomic E-state index is 12.3. The lowest BCUT2D eigenvalue weighted by Gasteiger charge is -2.33. The summed E-state index contributed by atoms with van der Waals surface area (Å²) < 4.78 is 0.0379. The molecule has 1 N–H and O–H groups in total. The van der Waals surface area contributed by atoms with E-state index in [1.165, 1.54) is 0 Å². The van der Waals surface area contributed by atoms with E-state index in [4.69, 9.17) is 0 Å². The average Bonchev–Trinajstić information content (AvgIpc) is 2.38. The molecule has 18 heavy (non-hydrogen) atoms. The topological polar surface area (TPSA) is 37.3 Å². The van der Waals surface area contributed by atoms with Crippen LogP contribution in [0.2, 0.25) is 0 Å². The number of phenols is 1. The van der Waals surface area contributed by atoms with Crippen LogP contribution in [-0.4, -0.2) is 24.1 Å². The molecule has 0 spiro atoms. The largest absolute Gasteiger partial charge is 0.503 e. The minimum Gasteiger partial charge on any atom is -0.503 e. The van der Waals surface area contributed by atoms with Gasteiger partial charge in [-0.3, -0.25) is 0 Å². The number of hydrogen-bond acceptors (Lipinski definition) is 2. The first-order valence-electron chi connectivity index (χ1n) is 6.03. The predicted molar refractivity (Wildman–Crippen MR) is 75.3 cm³/mol. The van der Waals surface area contributed by atoms with Crippen LogP contribution in [0.1, 0.15) is 13.3 Å². The summed E-state index contributed by atoms with van der Waals surface area (Å²) in [6.07, 6.45) is 3.79. The van der Waals surface area contributed by atoms with Crippen molar-refractivity contribution in [2.45, 2.75) is 13.3 Å². The van der Waals surface area contributed by atoms with Crippen LogP contribution in [0.3, 0.4) is 0 Å². The molecule has 0 aliphatic carbocycles. The molecule has 1 aromatic carbocycles. The van der Waals surface area contributed by atoms with Crippen molar-refractivity contribution in [3.8, 4) is 5.75 Å². The summed E-state index contributed by atoms with van der Waals surface area (Å²) >= 11 is 0. The lowest BCUT2D eigenvalue weighted by molar-refractivity contribution is -0.129. The number of carbonyl (C=O) groups is 1. The van der Waals surface area contributed by atoms with Gasteiger partial charge in [0.1, 0.15) is 13.1 Å². The molecule has 0 unspecified atom stereocenters. The molecule has 1 aromatic rings. The lowest BCUT2D eigenvalue weighted by Crippen LogP contribution is -2.54. The number of phenolic OH excluding ortho intramolecular Hbond substituents is 1. The van der Waals surface area contributed by atoms with Crippen LogP contribution in [0.25, 0.3) is 0 Å². The van der Waals surface area contributed by atoms with E-state index in [0.29, 0.717) is 25.2 Å². The van der Waals surface area contributed by atoms with Gasteiger partial charge in [-0.25, -0.2) is 9.28 Å². The van der Waals surface area contributed by atoms with Crippen LogP contribution >= 0.6 is 0 Å². The number of benzene rings is 1. The fourth-order valence-corrected chi connectivity index (χ4v) is 2.18. The zero-order valence-electron chi connectivity index (χ0n) is 10.8. The fourth-order valence-electron chi connectivity index (χ4n) is 2.18. The Kier molecular flexibility index (Phi) is 4.86. The van der Waals surface area contributed by atoms with Crippen molar-refractivity contribution in [3.05, 3.63) is 49.6 Å². The number of amides is 1. The molecule has 0 aliphatic rings. The summed E-state index contributed by atoms with van der Waals surface area (Å²) in [6.45, 7) is 10.1. The van der Waals surface area contributed by atoms with E-state index in [-0.39, 0.29) is 16.1 Å². The molecular weight excluding hydrogens is 226 g/mol. The Morgan fingerprint density at radius 2 is 1.83 bits per heavy atom. The highest BCUT2D eigenvalue weighted by atomic mass is 16.3. The Hall–Kier alpha value is -1.87. The highest BCUT2D eigenvalue weighted by Crippen LogP contribution is 2.33. The second kappa shape index (κ2) is 6.17. The molecular formula is C15H20NO2+. The molecule has 0 saturated carbocycles. The van der Waals surface area contributed by atoms with E-state index in [1.54, 1.807) is 30.4 Å². The number of quaternary nitrogens is 1. The third kappa shape index (κ3) is 2.51. The van der Waals surface area contributed by atoms with Gasteiger partial charge in [-0.2, -0.15) is 0 Å². The summed E-state index contributed by atoms with van der Waals surface area (Å²) in [5.74, 6) is 0.166. The summed E-state index contributed by atoms with van der Waals surface area (Å²) in [5.41, 5.74) is 0.601. The van der Waals surface area contributed by atoms with Gasteiger partial charge in [-0.05, 0) is 18.2 Å². The standard InChI is InChI=1S/C15H19NO2/c1-4-11-16(12-5-2,15(18)6-3)13-9-7-8-10-14(13)17/h4-5,7-10H,1-2,6,11-12H2,3H3/p+1. The predicted octanol–water partition coefficient (Wildman–Crippen LogP) is 3.01. The molecule has 0 aliphatic heterocycles. The van der Waals surface area contributed by atoms with Gasteiger partial charge in [0.2, 0.25) is 0 Å². The van der Waals surface area contributed by atoms with Crippen molar-refractivity contribution in [2.24, 2.45) is 0 Å². The molecule has 0 radical (unpaired) electrons. The van der Waals surface area contributed by atoms with Crippen LogP contribution in [0.4, 0.5) is 5.69 Å². The number of para-hydroxylation sites is 2. The summed E-state index contributed by atoms with van der Waals surface area (Å²) in [7, 11) is 0. The van der Waals surface area contributed by atoms with Crippen LogP contribution in [0.5, 0.6) is 5.75 Å². The SMILES string of the molecule is C=CC[N+](CC=C)(C(=O)CC)c1ccccc1O. The molecule has 0 heterocycles. The Morgan fingerprint density at radius 3 is 2.28 bits per heavy atom. The van der Waals surface area contributed by atoms with Crippen molar-refractivity contribution in [1.82, 2.24) is 4.48 Å². The van der Waals surface area contributed by atoms with Gasteiger partial charge in [0, 0.05) is 6.07 Å². The molecule has 0 fully saturated rings. The number of rotatable bonds is 6. The minimum absolute atomic E-state index is 0.0379. The number of nitrogens with zero attached hydrogens (tertiary/aromatic N) is 1. The highest BCUT2D eigenvalue weighted by molar-refractivity contribution is 5.90. The van der Waals surface area contributed by atoms with Gasteiger partial charge in [0.15, 0.2) is 11.4 Å². The summed E-state index contributed by atoms with van der Waals surface area (Å²) in [4.78, 5) is 12.3. The minimum atomic E-state index is 0.0379. The highest BCUT2D eigenvalue weighted by Gasteiger charge is 2.37. The Bertz CT molecular complexity index is 442.